The number of hydrogen-bond acceptors (Lipinski definition) is 4. The van der Waals surface area contributed by atoms with Gasteiger partial charge in [-0.15, -0.1) is 10.2 Å². The Labute approximate surface area is 121 Å². The number of aryl methyl sites for hydroxylation is 2. The van der Waals surface area contributed by atoms with Crippen LogP contribution in [-0.4, -0.2) is 20.7 Å². The third-order valence-corrected chi connectivity index (χ3v) is 3.34. The maximum Gasteiger partial charge on any atom is 0.235 e. The Morgan fingerprint density at radius 2 is 2.14 bits per heavy atom. The SMILES string of the molecule is Cc1nnc(CNC(=O)Cc2cn(C)c3ccccc23)o1. The Bertz CT molecular complexity index is 788. The second-order valence-electron chi connectivity index (χ2n) is 4.95. The molecule has 0 radical (unpaired) electrons. The molecule has 1 aromatic carbocycles. The fourth-order valence-electron chi connectivity index (χ4n) is 2.39. The van der Waals surface area contributed by atoms with E-state index < -0.39 is 0 Å². The predicted octanol–water partition coefficient (Wildman–Crippen LogP) is 1.73. The van der Waals surface area contributed by atoms with Crippen LogP contribution >= 0.6 is 0 Å². The summed E-state index contributed by atoms with van der Waals surface area (Å²) in [6.45, 7) is 1.97. The lowest BCUT2D eigenvalue weighted by atomic mass is 10.1. The second kappa shape index (κ2) is 5.40. The molecule has 2 heterocycles. The standard InChI is InChI=1S/C15H16N4O2/c1-10-17-18-15(21-10)8-16-14(20)7-11-9-19(2)13-6-4-3-5-12(11)13/h3-6,9H,7-8H2,1-2H3,(H,16,20). The molecule has 0 saturated carbocycles. The van der Waals surface area contributed by atoms with Crippen LogP contribution in [0.25, 0.3) is 10.9 Å². The summed E-state index contributed by atoms with van der Waals surface area (Å²) in [5, 5.41) is 11.5. The highest BCUT2D eigenvalue weighted by molar-refractivity contribution is 5.89. The quantitative estimate of drug-likeness (QED) is 0.792. The van der Waals surface area contributed by atoms with E-state index in [4.69, 9.17) is 4.42 Å². The summed E-state index contributed by atoms with van der Waals surface area (Å²) >= 11 is 0. The molecular formula is C15H16N4O2. The molecular weight excluding hydrogens is 268 g/mol. The van der Waals surface area contributed by atoms with Gasteiger partial charge >= 0.3 is 0 Å². The normalized spacial score (nSPS) is 11.0. The summed E-state index contributed by atoms with van der Waals surface area (Å²) in [6.07, 6.45) is 2.32. The van der Waals surface area contributed by atoms with Crippen LogP contribution in [0.15, 0.2) is 34.9 Å². The lowest BCUT2D eigenvalue weighted by Crippen LogP contribution is -2.24. The fraction of sp³-hybridized carbons (Fsp3) is 0.267. The third-order valence-electron chi connectivity index (χ3n) is 3.34. The maximum absolute atomic E-state index is 12.0. The Balaban J connectivity index is 1.69. The van der Waals surface area contributed by atoms with E-state index in [1.54, 1.807) is 6.92 Å². The van der Waals surface area contributed by atoms with Gasteiger partial charge in [-0.1, -0.05) is 18.2 Å². The van der Waals surface area contributed by atoms with Crippen molar-refractivity contribution >= 4 is 16.8 Å². The lowest BCUT2D eigenvalue weighted by molar-refractivity contribution is -0.120. The van der Waals surface area contributed by atoms with E-state index in [9.17, 15) is 4.79 Å². The molecule has 0 aliphatic rings. The number of nitrogens with zero attached hydrogens (tertiary/aromatic N) is 3. The van der Waals surface area contributed by atoms with Gasteiger partial charge in [-0.3, -0.25) is 4.79 Å². The van der Waals surface area contributed by atoms with Gasteiger partial charge in [0.15, 0.2) is 0 Å². The van der Waals surface area contributed by atoms with Crippen molar-refractivity contribution in [3.05, 3.63) is 47.8 Å². The van der Waals surface area contributed by atoms with Gasteiger partial charge in [-0.05, 0) is 11.6 Å². The highest BCUT2D eigenvalue weighted by Gasteiger charge is 2.11. The molecule has 6 heteroatoms. The van der Waals surface area contributed by atoms with Crippen molar-refractivity contribution in [2.75, 3.05) is 0 Å². The molecule has 0 atom stereocenters. The highest BCUT2D eigenvalue weighted by atomic mass is 16.4. The van der Waals surface area contributed by atoms with Crippen molar-refractivity contribution in [3.8, 4) is 0 Å². The molecule has 0 aliphatic carbocycles. The smallest absolute Gasteiger partial charge is 0.235 e. The van der Waals surface area contributed by atoms with Gasteiger partial charge in [0.25, 0.3) is 0 Å². The second-order valence-corrected chi connectivity index (χ2v) is 4.95. The Morgan fingerprint density at radius 1 is 1.33 bits per heavy atom. The van der Waals surface area contributed by atoms with Crippen molar-refractivity contribution in [1.82, 2.24) is 20.1 Å². The first-order chi connectivity index (χ1) is 10.1. The monoisotopic (exact) mass is 284 g/mol. The average Bonchev–Trinajstić information content (AvgIpc) is 3.02. The molecule has 0 saturated heterocycles. The molecule has 2 aromatic heterocycles. The number of carbonyl (C=O) groups excluding carboxylic acids is 1. The first kappa shape index (κ1) is 13.4. The van der Waals surface area contributed by atoms with Gasteiger partial charge in [-0.2, -0.15) is 0 Å². The molecule has 0 spiro atoms. The van der Waals surface area contributed by atoms with Crippen LogP contribution in [0, 0.1) is 6.92 Å². The minimum Gasteiger partial charge on any atom is -0.424 e. The van der Waals surface area contributed by atoms with Crippen molar-refractivity contribution in [2.45, 2.75) is 19.9 Å². The van der Waals surface area contributed by atoms with Crippen LogP contribution in [0.1, 0.15) is 17.3 Å². The number of carbonyl (C=O) groups is 1. The van der Waals surface area contributed by atoms with Gasteiger partial charge in [0.2, 0.25) is 17.7 Å². The van der Waals surface area contributed by atoms with Gasteiger partial charge in [0, 0.05) is 31.1 Å². The van der Waals surface area contributed by atoms with E-state index in [2.05, 4.69) is 15.5 Å². The molecule has 0 unspecified atom stereocenters. The van der Waals surface area contributed by atoms with E-state index >= 15 is 0 Å². The molecule has 0 bridgehead atoms. The van der Waals surface area contributed by atoms with Crippen LogP contribution in [0.2, 0.25) is 0 Å². The zero-order valence-electron chi connectivity index (χ0n) is 12.0. The van der Waals surface area contributed by atoms with Crippen LogP contribution in [0.4, 0.5) is 0 Å². The first-order valence-electron chi connectivity index (χ1n) is 6.72. The van der Waals surface area contributed by atoms with Crippen molar-refractivity contribution in [3.63, 3.8) is 0 Å². The molecule has 0 aliphatic heterocycles. The van der Waals surface area contributed by atoms with Crippen LogP contribution < -0.4 is 5.32 Å². The molecule has 1 N–H and O–H groups in total. The van der Waals surface area contributed by atoms with E-state index in [-0.39, 0.29) is 12.5 Å². The largest absolute Gasteiger partial charge is 0.424 e. The molecule has 3 rings (SSSR count). The Hall–Kier alpha value is -2.63. The zero-order valence-corrected chi connectivity index (χ0v) is 12.0. The van der Waals surface area contributed by atoms with Gasteiger partial charge in [-0.25, -0.2) is 0 Å². The van der Waals surface area contributed by atoms with Crippen molar-refractivity contribution in [1.29, 1.82) is 0 Å². The van der Waals surface area contributed by atoms with Gasteiger partial charge in [0.1, 0.15) is 0 Å². The minimum atomic E-state index is -0.0674. The summed E-state index contributed by atoms with van der Waals surface area (Å²) in [7, 11) is 1.98. The summed E-state index contributed by atoms with van der Waals surface area (Å²) in [6, 6.07) is 8.03. The number of amides is 1. The topological polar surface area (TPSA) is 73.0 Å². The molecule has 108 valence electrons. The average molecular weight is 284 g/mol. The van der Waals surface area contributed by atoms with Crippen LogP contribution in [-0.2, 0) is 24.8 Å². The predicted molar refractivity (Wildman–Crippen MR) is 77.5 cm³/mol. The lowest BCUT2D eigenvalue weighted by Gasteiger charge is -2.01. The Kier molecular flexibility index (Phi) is 3.43. The number of para-hydroxylation sites is 1. The van der Waals surface area contributed by atoms with Crippen LogP contribution in [0.5, 0.6) is 0 Å². The van der Waals surface area contributed by atoms with E-state index in [0.717, 1.165) is 16.5 Å². The van der Waals surface area contributed by atoms with E-state index in [0.29, 0.717) is 18.2 Å². The van der Waals surface area contributed by atoms with Crippen molar-refractivity contribution in [2.24, 2.45) is 7.05 Å². The summed E-state index contributed by atoms with van der Waals surface area (Å²) in [5.41, 5.74) is 2.13. The fourth-order valence-corrected chi connectivity index (χ4v) is 2.39. The number of fused-ring (bicyclic) bond motifs is 1. The van der Waals surface area contributed by atoms with E-state index in [1.807, 2.05) is 42.1 Å². The number of aromatic nitrogens is 3. The maximum atomic E-state index is 12.0. The summed E-state index contributed by atoms with van der Waals surface area (Å²) < 4.78 is 7.24. The molecule has 21 heavy (non-hydrogen) atoms. The van der Waals surface area contributed by atoms with Gasteiger partial charge < -0.3 is 14.3 Å². The molecule has 1 amide bonds. The zero-order chi connectivity index (χ0) is 14.8. The number of nitrogens with one attached hydrogen (secondary N) is 1. The molecule has 0 fully saturated rings. The minimum absolute atomic E-state index is 0.0674. The molecule has 6 nitrogen and oxygen atoms in total. The highest BCUT2D eigenvalue weighted by Crippen LogP contribution is 2.20. The first-order valence-corrected chi connectivity index (χ1v) is 6.72. The van der Waals surface area contributed by atoms with E-state index in [1.165, 1.54) is 0 Å². The van der Waals surface area contributed by atoms with Crippen LogP contribution in [0.3, 0.4) is 0 Å². The number of hydrogen-bond donors (Lipinski definition) is 1. The third kappa shape index (κ3) is 2.79. The summed E-state index contributed by atoms with van der Waals surface area (Å²) in [5.74, 6) is 0.842. The van der Waals surface area contributed by atoms with Gasteiger partial charge in [0.05, 0.1) is 13.0 Å². The number of benzene rings is 1. The molecule has 3 aromatic rings. The van der Waals surface area contributed by atoms with Crippen molar-refractivity contribution < 1.29 is 9.21 Å². The summed E-state index contributed by atoms with van der Waals surface area (Å²) in [4.78, 5) is 12.0. The Morgan fingerprint density at radius 3 is 2.90 bits per heavy atom. The number of rotatable bonds is 4.